The van der Waals surface area contributed by atoms with Gasteiger partial charge in [-0.2, -0.15) is 0 Å². The molecule has 7 nitrogen and oxygen atoms in total. The molecule has 1 aromatic rings. The highest BCUT2D eigenvalue weighted by molar-refractivity contribution is 14.0. The van der Waals surface area contributed by atoms with Crippen LogP contribution in [0.3, 0.4) is 0 Å². The van der Waals surface area contributed by atoms with Gasteiger partial charge in [-0.1, -0.05) is 19.1 Å². The molecule has 0 aliphatic rings. The van der Waals surface area contributed by atoms with E-state index in [2.05, 4.69) is 58.6 Å². The standard InChI is InChI=1S/C19H35N5O2S.HI/c1-6-23(18-11-8-10-17(3)16-18)15-13-22-19(20-4)21-12-9-14-24(7-2)27(5,25)26;/h8,10-11,16H,6-7,9,12-15H2,1-5H3,(H2,20,21,22);1H. The molecule has 0 spiro atoms. The van der Waals surface area contributed by atoms with Crippen molar-refractivity contribution in [3.8, 4) is 0 Å². The quantitative estimate of drug-likeness (QED) is 0.201. The van der Waals surface area contributed by atoms with Crippen molar-refractivity contribution in [3.05, 3.63) is 29.8 Å². The second-order valence-electron chi connectivity index (χ2n) is 6.45. The summed E-state index contributed by atoms with van der Waals surface area (Å²) < 4.78 is 24.6. The Kier molecular flexibility index (Phi) is 13.5. The first kappa shape index (κ1) is 26.9. The summed E-state index contributed by atoms with van der Waals surface area (Å²) in [4.78, 5) is 6.55. The zero-order chi connectivity index (χ0) is 20.3. The van der Waals surface area contributed by atoms with E-state index >= 15 is 0 Å². The van der Waals surface area contributed by atoms with Crippen molar-refractivity contribution in [2.45, 2.75) is 27.2 Å². The van der Waals surface area contributed by atoms with Crippen LogP contribution in [-0.4, -0.2) is 71.3 Å². The minimum Gasteiger partial charge on any atom is -0.370 e. The first-order chi connectivity index (χ1) is 12.8. The van der Waals surface area contributed by atoms with Gasteiger partial charge in [0.05, 0.1) is 6.26 Å². The zero-order valence-electron chi connectivity index (χ0n) is 17.7. The molecule has 0 atom stereocenters. The Morgan fingerprint density at radius 3 is 2.32 bits per heavy atom. The van der Waals surface area contributed by atoms with Crippen molar-refractivity contribution < 1.29 is 8.42 Å². The number of aliphatic imine (C=N–C) groups is 1. The lowest BCUT2D eigenvalue weighted by Crippen LogP contribution is -2.42. The van der Waals surface area contributed by atoms with Crippen LogP contribution < -0.4 is 15.5 Å². The number of halogens is 1. The predicted molar refractivity (Wildman–Crippen MR) is 131 cm³/mol. The van der Waals surface area contributed by atoms with Gasteiger partial charge in [-0.15, -0.1) is 24.0 Å². The zero-order valence-corrected chi connectivity index (χ0v) is 20.9. The lowest BCUT2D eigenvalue weighted by Gasteiger charge is -2.24. The van der Waals surface area contributed by atoms with Gasteiger partial charge in [0.2, 0.25) is 10.0 Å². The van der Waals surface area contributed by atoms with Crippen molar-refractivity contribution in [1.29, 1.82) is 0 Å². The number of likely N-dealkylation sites (N-methyl/N-ethyl adjacent to an activating group) is 1. The third-order valence-corrected chi connectivity index (χ3v) is 5.72. The molecule has 28 heavy (non-hydrogen) atoms. The van der Waals surface area contributed by atoms with Gasteiger partial charge in [-0.3, -0.25) is 4.99 Å². The largest absolute Gasteiger partial charge is 0.370 e. The van der Waals surface area contributed by atoms with Crippen LogP contribution in [0.15, 0.2) is 29.3 Å². The summed E-state index contributed by atoms with van der Waals surface area (Å²) in [6.45, 7) is 10.4. The number of rotatable bonds is 11. The summed E-state index contributed by atoms with van der Waals surface area (Å²) in [7, 11) is -1.38. The molecule has 0 amide bonds. The molecular weight excluding hydrogens is 489 g/mol. The van der Waals surface area contributed by atoms with E-state index in [4.69, 9.17) is 0 Å². The summed E-state index contributed by atoms with van der Waals surface area (Å²) in [5.41, 5.74) is 2.48. The van der Waals surface area contributed by atoms with E-state index in [0.29, 0.717) is 19.6 Å². The van der Waals surface area contributed by atoms with Crippen LogP contribution in [0.4, 0.5) is 5.69 Å². The molecule has 0 fully saturated rings. The molecular formula is C19H36IN5O2S. The fraction of sp³-hybridized carbons (Fsp3) is 0.632. The molecule has 0 aliphatic heterocycles. The highest BCUT2D eigenvalue weighted by Gasteiger charge is 2.13. The molecule has 0 heterocycles. The molecule has 162 valence electrons. The minimum atomic E-state index is -3.12. The van der Waals surface area contributed by atoms with E-state index in [1.807, 2.05) is 6.92 Å². The summed E-state index contributed by atoms with van der Waals surface area (Å²) >= 11 is 0. The fourth-order valence-corrected chi connectivity index (χ4v) is 3.77. The molecule has 0 aromatic heterocycles. The number of hydrogen-bond donors (Lipinski definition) is 2. The Hall–Kier alpha value is -1.07. The average molecular weight is 526 g/mol. The normalized spacial score (nSPS) is 11.9. The summed E-state index contributed by atoms with van der Waals surface area (Å²) in [5, 5.41) is 6.56. The van der Waals surface area contributed by atoms with E-state index in [9.17, 15) is 8.42 Å². The summed E-state index contributed by atoms with van der Waals surface area (Å²) in [6.07, 6.45) is 1.98. The van der Waals surface area contributed by atoms with E-state index in [-0.39, 0.29) is 24.0 Å². The monoisotopic (exact) mass is 525 g/mol. The molecule has 0 aliphatic carbocycles. The van der Waals surface area contributed by atoms with Gasteiger partial charge in [0, 0.05) is 52.0 Å². The molecule has 0 saturated carbocycles. The minimum absolute atomic E-state index is 0. The number of benzene rings is 1. The molecule has 0 radical (unpaired) electrons. The Morgan fingerprint density at radius 1 is 1.11 bits per heavy atom. The van der Waals surface area contributed by atoms with Crippen molar-refractivity contribution in [2.24, 2.45) is 4.99 Å². The topological polar surface area (TPSA) is 77.0 Å². The van der Waals surface area contributed by atoms with Gasteiger partial charge in [0.1, 0.15) is 0 Å². The van der Waals surface area contributed by atoms with Crippen molar-refractivity contribution >= 4 is 45.6 Å². The Labute approximate surface area is 188 Å². The van der Waals surface area contributed by atoms with E-state index in [0.717, 1.165) is 32.0 Å². The Bertz CT molecular complexity index is 697. The van der Waals surface area contributed by atoms with E-state index in [1.165, 1.54) is 21.8 Å². The van der Waals surface area contributed by atoms with Crippen LogP contribution in [0.5, 0.6) is 0 Å². The first-order valence-electron chi connectivity index (χ1n) is 9.53. The number of guanidine groups is 1. The van der Waals surface area contributed by atoms with Gasteiger partial charge in [-0.25, -0.2) is 12.7 Å². The van der Waals surface area contributed by atoms with Crippen LogP contribution in [-0.2, 0) is 10.0 Å². The highest BCUT2D eigenvalue weighted by Crippen LogP contribution is 2.14. The number of nitrogens with zero attached hydrogens (tertiary/aromatic N) is 3. The van der Waals surface area contributed by atoms with Crippen LogP contribution in [0.25, 0.3) is 0 Å². The van der Waals surface area contributed by atoms with Crippen LogP contribution >= 0.6 is 24.0 Å². The summed E-state index contributed by atoms with van der Waals surface area (Å²) in [6, 6.07) is 8.50. The lowest BCUT2D eigenvalue weighted by atomic mass is 10.2. The van der Waals surface area contributed by atoms with Crippen molar-refractivity contribution in [2.75, 3.05) is 57.5 Å². The lowest BCUT2D eigenvalue weighted by molar-refractivity contribution is 0.424. The molecule has 0 unspecified atom stereocenters. The maximum absolute atomic E-state index is 11.6. The second kappa shape index (κ2) is 14.0. The Balaban J connectivity index is 0.00000729. The highest BCUT2D eigenvalue weighted by atomic mass is 127. The fourth-order valence-electron chi connectivity index (χ4n) is 2.84. The number of hydrogen-bond acceptors (Lipinski definition) is 4. The SMILES string of the molecule is CCN(CCNC(=NC)NCCCN(CC)S(C)(=O)=O)c1cccc(C)c1.I. The van der Waals surface area contributed by atoms with E-state index < -0.39 is 10.0 Å². The Morgan fingerprint density at radius 2 is 1.79 bits per heavy atom. The molecule has 0 bridgehead atoms. The van der Waals surface area contributed by atoms with Crippen LogP contribution in [0.1, 0.15) is 25.8 Å². The van der Waals surface area contributed by atoms with Gasteiger partial charge in [0.25, 0.3) is 0 Å². The van der Waals surface area contributed by atoms with Gasteiger partial charge in [-0.05, 0) is 38.0 Å². The third-order valence-electron chi connectivity index (χ3n) is 4.34. The van der Waals surface area contributed by atoms with E-state index in [1.54, 1.807) is 7.05 Å². The van der Waals surface area contributed by atoms with Crippen molar-refractivity contribution in [3.63, 3.8) is 0 Å². The van der Waals surface area contributed by atoms with Crippen LogP contribution in [0.2, 0.25) is 0 Å². The predicted octanol–water partition coefficient (Wildman–Crippen LogP) is 2.28. The maximum Gasteiger partial charge on any atom is 0.211 e. The van der Waals surface area contributed by atoms with Crippen LogP contribution in [0, 0.1) is 6.92 Å². The number of nitrogens with one attached hydrogen (secondary N) is 2. The number of aryl methyl sites for hydroxylation is 1. The average Bonchev–Trinajstić information content (AvgIpc) is 2.62. The number of sulfonamides is 1. The van der Waals surface area contributed by atoms with Gasteiger partial charge >= 0.3 is 0 Å². The number of anilines is 1. The first-order valence-corrected chi connectivity index (χ1v) is 11.4. The molecule has 1 rings (SSSR count). The van der Waals surface area contributed by atoms with Gasteiger partial charge < -0.3 is 15.5 Å². The van der Waals surface area contributed by atoms with Gasteiger partial charge in [0.15, 0.2) is 5.96 Å². The molecule has 2 N–H and O–H groups in total. The summed E-state index contributed by atoms with van der Waals surface area (Å²) in [5.74, 6) is 0.734. The second-order valence-corrected chi connectivity index (χ2v) is 8.44. The smallest absolute Gasteiger partial charge is 0.211 e. The third kappa shape index (κ3) is 9.92. The maximum atomic E-state index is 11.6. The van der Waals surface area contributed by atoms with Crippen molar-refractivity contribution in [1.82, 2.24) is 14.9 Å². The molecule has 1 aromatic carbocycles. The molecule has 9 heteroatoms. The molecule has 0 saturated heterocycles.